The predicted molar refractivity (Wildman–Crippen MR) is 64.9 cm³/mol. The lowest BCUT2D eigenvalue weighted by Gasteiger charge is -2.10. The van der Waals surface area contributed by atoms with E-state index in [0.717, 1.165) is 12.1 Å². The standard InChI is InChI=1S/C11H11F3N4O/c1-2-17-10(18-16)7-3-6(9(15)19)4-8(5-7)11(12,13)14/h2-5H,16H2,1H3,(H2,15,19)/b17-2?,18-10-. The van der Waals surface area contributed by atoms with E-state index in [1.54, 1.807) is 6.92 Å². The minimum absolute atomic E-state index is 0.0378. The number of hydrogen-bond acceptors (Lipinski definition) is 3. The van der Waals surface area contributed by atoms with Crippen LogP contribution in [0.15, 0.2) is 28.3 Å². The summed E-state index contributed by atoms with van der Waals surface area (Å²) >= 11 is 0. The van der Waals surface area contributed by atoms with Gasteiger partial charge in [0.25, 0.3) is 0 Å². The van der Waals surface area contributed by atoms with Crippen molar-refractivity contribution in [1.29, 1.82) is 0 Å². The molecule has 1 amide bonds. The average molecular weight is 272 g/mol. The topological polar surface area (TPSA) is 93.8 Å². The molecule has 0 bridgehead atoms. The van der Waals surface area contributed by atoms with Gasteiger partial charge in [-0.05, 0) is 25.1 Å². The molecule has 19 heavy (non-hydrogen) atoms. The monoisotopic (exact) mass is 272 g/mol. The Bertz CT molecular complexity index is 549. The van der Waals surface area contributed by atoms with Gasteiger partial charge in [-0.3, -0.25) is 4.79 Å². The van der Waals surface area contributed by atoms with Crippen LogP contribution in [0.5, 0.6) is 0 Å². The van der Waals surface area contributed by atoms with Crippen LogP contribution in [-0.4, -0.2) is 18.0 Å². The summed E-state index contributed by atoms with van der Waals surface area (Å²) in [6, 6.07) is 2.61. The molecule has 1 rings (SSSR count). The maximum absolute atomic E-state index is 12.7. The minimum atomic E-state index is -4.62. The van der Waals surface area contributed by atoms with Crippen molar-refractivity contribution in [2.24, 2.45) is 21.7 Å². The molecule has 8 heteroatoms. The first-order valence-electron chi connectivity index (χ1n) is 5.08. The number of nitrogens with two attached hydrogens (primary N) is 2. The molecule has 0 radical (unpaired) electrons. The van der Waals surface area contributed by atoms with Gasteiger partial charge in [-0.2, -0.15) is 18.3 Å². The highest BCUT2D eigenvalue weighted by Gasteiger charge is 2.32. The fraction of sp³-hybridized carbons (Fsp3) is 0.182. The van der Waals surface area contributed by atoms with Crippen molar-refractivity contribution in [1.82, 2.24) is 0 Å². The molecule has 4 N–H and O–H groups in total. The molecule has 0 aliphatic heterocycles. The molecule has 0 aliphatic carbocycles. The highest BCUT2D eigenvalue weighted by molar-refractivity contribution is 6.04. The lowest BCUT2D eigenvalue weighted by atomic mass is 10.0. The fourth-order valence-corrected chi connectivity index (χ4v) is 1.37. The molecule has 0 fully saturated rings. The predicted octanol–water partition coefficient (Wildman–Crippen LogP) is 1.52. The quantitative estimate of drug-likeness (QED) is 0.369. The number of aliphatic imine (C=N–C) groups is 1. The second kappa shape index (κ2) is 5.51. The zero-order valence-corrected chi connectivity index (χ0v) is 9.90. The van der Waals surface area contributed by atoms with Gasteiger partial charge >= 0.3 is 6.18 Å². The molecule has 0 unspecified atom stereocenters. The molecule has 0 saturated carbocycles. The Morgan fingerprint density at radius 3 is 2.26 bits per heavy atom. The number of nitrogens with zero attached hydrogens (tertiary/aromatic N) is 2. The molecule has 0 atom stereocenters. The van der Waals surface area contributed by atoms with Crippen LogP contribution < -0.4 is 11.6 Å². The largest absolute Gasteiger partial charge is 0.416 e. The third kappa shape index (κ3) is 3.54. The van der Waals surface area contributed by atoms with Crippen molar-refractivity contribution in [2.45, 2.75) is 13.1 Å². The van der Waals surface area contributed by atoms with E-state index in [1.165, 1.54) is 6.21 Å². The number of hydrazone groups is 1. The number of alkyl halides is 3. The van der Waals surface area contributed by atoms with Crippen LogP contribution in [0.25, 0.3) is 0 Å². The second-order valence-electron chi connectivity index (χ2n) is 3.50. The SMILES string of the molecule is CC=N/C(=N\N)c1cc(C(N)=O)cc(C(F)(F)F)c1. The number of amidine groups is 1. The molecule has 0 saturated heterocycles. The lowest BCUT2D eigenvalue weighted by Crippen LogP contribution is -2.16. The molecule has 5 nitrogen and oxygen atoms in total. The molecule has 102 valence electrons. The molecule has 0 heterocycles. The van der Waals surface area contributed by atoms with Gasteiger partial charge in [0.15, 0.2) is 5.84 Å². The zero-order chi connectivity index (χ0) is 14.6. The Morgan fingerprint density at radius 1 is 1.26 bits per heavy atom. The normalized spacial score (nSPS) is 12.9. The average Bonchev–Trinajstić information content (AvgIpc) is 2.34. The van der Waals surface area contributed by atoms with Crippen LogP contribution in [0, 0.1) is 0 Å². The number of hydrogen-bond donors (Lipinski definition) is 2. The summed E-state index contributed by atoms with van der Waals surface area (Å²) in [5.41, 5.74) is 3.64. The molecule has 1 aromatic carbocycles. The van der Waals surface area contributed by atoms with E-state index in [1.807, 2.05) is 0 Å². The van der Waals surface area contributed by atoms with Crippen LogP contribution in [-0.2, 0) is 6.18 Å². The first-order valence-corrected chi connectivity index (χ1v) is 5.08. The highest BCUT2D eigenvalue weighted by atomic mass is 19.4. The van der Waals surface area contributed by atoms with Gasteiger partial charge in [0, 0.05) is 17.3 Å². The summed E-state index contributed by atoms with van der Waals surface area (Å²) < 4.78 is 38.1. The summed E-state index contributed by atoms with van der Waals surface area (Å²) in [4.78, 5) is 14.8. The number of carbonyl (C=O) groups excluding carboxylic acids is 1. The summed E-state index contributed by atoms with van der Waals surface area (Å²) in [6.07, 6.45) is -3.30. The number of primary amides is 1. The van der Waals surface area contributed by atoms with E-state index in [0.29, 0.717) is 6.07 Å². The van der Waals surface area contributed by atoms with Gasteiger partial charge in [0.1, 0.15) is 0 Å². The van der Waals surface area contributed by atoms with Crippen molar-refractivity contribution in [3.05, 3.63) is 34.9 Å². The Balaban J connectivity index is 3.49. The maximum Gasteiger partial charge on any atom is 0.416 e. The number of rotatable bonds is 2. The van der Waals surface area contributed by atoms with Crippen molar-refractivity contribution in [2.75, 3.05) is 0 Å². The summed E-state index contributed by atoms with van der Waals surface area (Å²) in [5.74, 6) is 3.94. The van der Waals surface area contributed by atoms with Gasteiger partial charge in [0.2, 0.25) is 5.91 Å². The van der Waals surface area contributed by atoms with Crippen molar-refractivity contribution in [3.63, 3.8) is 0 Å². The van der Waals surface area contributed by atoms with Gasteiger partial charge in [-0.25, -0.2) is 4.99 Å². The highest BCUT2D eigenvalue weighted by Crippen LogP contribution is 2.30. The van der Waals surface area contributed by atoms with Gasteiger partial charge in [0.05, 0.1) is 5.56 Å². The summed E-state index contributed by atoms with van der Waals surface area (Å²) in [7, 11) is 0. The van der Waals surface area contributed by atoms with E-state index < -0.39 is 17.6 Å². The second-order valence-corrected chi connectivity index (χ2v) is 3.50. The van der Waals surface area contributed by atoms with E-state index in [4.69, 9.17) is 11.6 Å². The molecular weight excluding hydrogens is 261 g/mol. The zero-order valence-electron chi connectivity index (χ0n) is 9.90. The summed E-state index contributed by atoms with van der Waals surface area (Å²) in [6.45, 7) is 1.55. The van der Waals surface area contributed by atoms with E-state index in [-0.39, 0.29) is 17.0 Å². The first-order chi connectivity index (χ1) is 8.79. The van der Waals surface area contributed by atoms with Crippen LogP contribution >= 0.6 is 0 Å². The van der Waals surface area contributed by atoms with Gasteiger partial charge < -0.3 is 11.6 Å². The van der Waals surface area contributed by atoms with E-state index in [9.17, 15) is 18.0 Å². The maximum atomic E-state index is 12.7. The van der Waals surface area contributed by atoms with Crippen LogP contribution in [0.2, 0.25) is 0 Å². The number of benzene rings is 1. The number of amides is 1. The van der Waals surface area contributed by atoms with Crippen LogP contribution in [0.3, 0.4) is 0 Å². The van der Waals surface area contributed by atoms with Crippen molar-refractivity contribution >= 4 is 18.0 Å². The van der Waals surface area contributed by atoms with Crippen molar-refractivity contribution < 1.29 is 18.0 Å². The Kier molecular flexibility index (Phi) is 4.26. The van der Waals surface area contributed by atoms with Gasteiger partial charge in [-0.1, -0.05) is 0 Å². The smallest absolute Gasteiger partial charge is 0.366 e. The van der Waals surface area contributed by atoms with Crippen LogP contribution in [0.4, 0.5) is 13.2 Å². The van der Waals surface area contributed by atoms with E-state index >= 15 is 0 Å². The molecule has 1 aromatic rings. The number of carbonyl (C=O) groups is 1. The van der Waals surface area contributed by atoms with Crippen molar-refractivity contribution in [3.8, 4) is 0 Å². The minimum Gasteiger partial charge on any atom is -0.366 e. The molecule has 0 spiro atoms. The lowest BCUT2D eigenvalue weighted by molar-refractivity contribution is -0.137. The Morgan fingerprint density at radius 2 is 1.84 bits per heavy atom. The third-order valence-electron chi connectivity index (χ3n) is 2.18. The Labute approximate surface area is 106 Å². The fourth-order valence-electron chi connectivity index (χ4n) is 1.37. The molecular formula is C11H11F3N4O. The number of halogens is 3. The molecule has 0 aromatic heterocycles. The summed E-state index contributed by atoms with van der Waals surface area (Å²) in [5, 5.41) is 3.27. The van der Waals surface area contributed by atoms with Crippen LogP contribution in [0.1, 0.15) is 28.4 Å². The Hall–Kier alpha value is -2.38. The van der Waals surface area contributed by atoms with E-state index in [2.05, 4.69) is 10.1 Å². The third-order valence-corrected chi connectivity index (χ3v) is 2.18. The molecule has 0 aliphatic rings. The first kappa shape index (κ1) is 14.7. The van der Waals surface area contributed by atoms with Gasteiger partial charge in [-0.15, -0.1) is 0 Å².